The number of anilines is 1. The highest BCUT2D eigenvalue weighted by molar-refractivity contribution is 7.91. The van der Waals surface area contributed by atoms with Gasteiger partial charge >= 0.3 is 5.97 Å². The van der Waals surface area contributed by atoms with Crippen molar-refractivity contribution in [3.63, 3.8) is 0 Å². The zero-order valence-corrected chi connectivity index (χ0v) is 12.5. The van der Waals surface area contributed by atoms with Crippen LogP contribution >= 0.6 is 0 Å². The topological polar surface area (TPSA) is 72.5 Å². The molecule has 110 valence electrons. The molecule has 0 amide bonds. The van der Waals surface area contributed by atoms with Gasteiger partial charge in [-0.2, -0.15) is 0 Å². The van der Waals surface area contributed by atoms with Crippen LogP contribution < -0.4 is 5.32 Å². The molecule has 1 aromatic carbocycles. The van der Waals surface area contributed by atoms with Gasteiger partial charge < -0.3 is 10.1 Å². The zero-order valence-electron chi connectivity index (χ0n) is 11.7. The summed E-state index contributed by atoms with van der Waals surface area (Å²) in [4.78, 5) is 11.6. The van der Waals surface area contributed by atoms with E-state index >= 15 is 0 Å². The maximum absolute atomic E-state index is 11.6. The minimum absolute atomic E-state index is 0.130. The van der Waals surface area contributed by atoms with Gasteiger partial charge in [-0.15, -0.1) is 0 Å². The van der Waals surface area contributed by atoms with Gasteiger partial charge in [-0.25, -0.2) is 13.2 Å². The third-order valence-corrected chi connectivity index (χ3v) is 5.37. The van der Waals surface area contributed by atoms with Gasteiger partial charge in [0.1, 0.15) is 9.84 Å². The maximum atomic E-state index is 11.6. The molecule has 1 aliphatic heterocycles. The van der Waals surface area contributed by atoms with Crippen LogP contribution in [0.4, 0.5) is 5.69 Å². The van der Waals surface area contributed by atoms with E-state index in [1.165, 1.54) is 7.11 Å². The van der Waals surface area contributed by atoms with Crippen LogP contribution in [0.1, 0.15) is 28.8 Å². The summed E-state index contributed by atoms with van der Waals surface area (Å²) in [5, 5.41) is 3.33. The van der Waals surface area contributed by atoms with Crippen molar-refractivity contribution in [2.45, 2.75) is 25.8 Å². The molecule has 0 aliphatic carbocycles. The second-order valence-electron chi connectivity index (χ2n) is 5.04. The Kier molecular flexibility index (Phi) is 4.32. The molecule has 1 aromatic rings. The van der Waals surface area contributed by atoms with E-state index < -0.39 is 9.84 Å². The normalized spacial score (nSPS) is 18.5. The summed E-state index contributed by atoms with van der Waals surface area (Å²) in [6.45, 7) is 1.86. The molecule has 0 saturated carbocycles. The van der Waals surface area contributed by atoms with Crippen molar-refractivity contribution < 1.29 is 17.9 Å². The third kappa shape index (κ3) is 3.30. The van der Waals surface area contributed by atoms with Crippen molar-refractivity contribution in [2.75, 3.05) is 23.9 Å². The SMILES string of the molecule is COC(=O)c1cccc(NC2CCS(=O)(=O)CC2)c1C. The lowest BCUT2D eigenvalue weighted by atomic mass is 10.0. The van der Waals surface area contributed by atoms with E-state index in [0.717, 1.165) is 11.3 Å². The van der Waals surface area contributed by atoms with Gasteiger partial charge in [0.25, 0.3) is 0 Å². The number of carbonyl (C=O) groups is 1. The number of ether oxygens (including phenoxy) is 1. The molecular weight excluding hydrogens is 278 g/mol. The Morgan fingerprint density at radius 2 is 1.95 bits per heavy atom. The third-order valence-electron chi connectivity index (χ3n) is 3.65. The molecule has 2 rings (SSSR count). The van der Waals surface area contributed by atoms with Gasteiger partial charge in [0, 0.05) is 11.7 Å². The molecule has 20 heavy (non-hydrogen) atoms. The van der Waals surface area contributed by atoms with Gasteiger partial charge in [0.15, 0.2) is 0 Å². The minimum atomic E-state index is -2.86. The predicted molar refractivity (Wildman–Crippen MR) is 77.8 cm³/mol. The number of nitrogens with one attached hydrogen (secondary N) is 1. The molecule has 0 atom stereocenters. The Balaban J connectivity index is 2.13. The first-order valence-electron chi connectivity index (χ1n) is 6.58. The Bertz CT molecular complexity index is 596. The summed E-state index contributed by atoms with van der Waals surface area (Å²) in [5.74, 6) is 0.0817. The Hall–Kier alpha value is -1.56. The second-order valence-corrected chi connectivity index (χ2v) is 7.34. The molecular formula is C14H19NO4S. The fourth-order valence-electron chi connectivity index (χ4n) is 2.38. The molecule has 0 bridgehead atoms. The molecule has 1 N–H and O–H groups in total. The standard InChI is InChI=1S/C14H19NO4S/c1-10-12(14(16)19-2)4-3-5-13(10)15-11-6-8-20(17,18)9-7-11/h3-5,11,15H,6-9H2,1-2H3. The molecule has 0 spiro atoms. The summed E-state index contributed by atoms with van der Waals surface area (Å²) >= 11 is 0. The van der Waals surface area contributed by atoms with Crippen molar-refractivity contribution in [1.82, 2.24) is 0 Å². The van der Waals surface area contributed by atoms with E-state index in [2.05, 4.69) is 5.32 Å². The van der Waals surface area contributed by atoms with E-state index in [1.807, 2.05) is 13.0 Å². The van der Waals surface area contributed by atoms with Crippen LogP contribution in [0.3, 0.4) is 0 Å². The molecule has 1 heterocycles. The number of carbonyl (C=O) groups excluding carboxylic acids is 1. The van der Waals surface area contributed by atoms with Crippen LogP contribution in [-0.2, 0) is 14.6 Å². The van der Waals surface area contributed by atoms with E-state index in [4.69, 9.17) is 4.74 Å². The monoisotopic (exact) mass is 297 g/mol. The quantitative estimate of drug-likeness (QED) is 0.861. The van der Waals surface area contributed by atoms with E-state index in [-0.39, 0.29) is 23.5 Å². The minimum Gasteiger partial charge on any atom is -0.465 e. The highest BCUT2D eigenvalue weighted by atomic mass is 32.2. The first-order chi connectivity index (χ1) is 9.43. The zero-order chi connectivity index (χ0) is 14.8. The number of rotatable bonds is 3. The van der Waals surface area contributed by atoms with E-state index in [0.29, 0.717) is 18.4 Å². The number of hydrogen-bond donors (Lipinski definition) is 1. The van der Waals surface area contributed by atoms with Gasteiger partial charge in [0.2, 0.25) is 0 Å². The molecule has 5 nitrogen and oxygen atoms in total. The number of benzene rings is 1. The van der Waals surface area contributed by atoms with Crippen molar-refractivity contribution in [3.8, 4) is 0 Å². The highest BCUT2D eigenvalue weighted by Gasteiger charge is 2.24. The summed E-state index contributed by atoms with van der Waals surface area (Å²) in [6.07, 6.45) is 1.20. The van der Waals surface area contributed by atoms with Crippen LogP contribution in [0.5, 0.6) is 0 Å². The lowest BCUT2D eigenvalue weighted by Gasteiger charge is -2.25. The molecule has 0 unspecified atom stereocenters. The van der Waals surface area contributed by atoms with Gasteiger partial charge in [-0.3, -0.25) is 0 Å². The van der Waals surface area contributed by atoms with Gasteiger partial charge in [-0.1, -0.05) is 6.07 Å². The van der Waals surface area contributed by atoms with Gasteiger partial charge in [-0.05, 0) is 37.5 Å². The number of esters is 1. The van der Waals surface area contributed by atoms with Crippen molar-refractivity contribution in [1.29, 1.82) is 0 Å². The van der Waals surface area contributed by atoms with Crippen LogP contribution in [0.2, 0.25) is 0 Å². The molecule has 1 saturated heterocycles. The van der Waals surface area contributed by atoms with Crippen LogP contribution in [0.15, 0.2) is 18.2 Å². The summed E-state index contributed by atoms with van der Waals surface area (Å²) in [6, 6.07) is 5.54. The lowest BCUT2D eigenvalue weighted by molar-refractivity contribution is 0.0600. The number of hydrogen-bond acceptors (Lipinski definition) is 5. The average Bonchev–Trinajstić information content (AvgIpc) is 2.42. The lowest BCUT2D eigenvalue weighted by Crippen LogP contribution is -2.32. The van der Waals surface area contributed by atoms with Crippen molar-refractivity contribution in [3.05, 3.63) is 29.3 Å². The van der Waals surface area contributed by atoms with Crippen LogP contribution in [-0.4, -0.2) is 39.0 Å². The largest absolute Gasteiger partial charge is 0.465 e. The summed E-state index contributed by atoms with van der Waals surface area (Å²) in [7, 11) is -1.50. The Labute approximate surface area is 119 Å². The van der Waals surface area contributed by atoms with Crippen LogP contribution in [0.25, 0.3) is 0 Å². The Morgan fingerprint density at radius 3 is 2.55 bits per heavy atom. The number of sulfone groups is 1. The van der Waals surface area contributed by atoms with E-state index in [1.54, 1.807) is 12.1 Å². The van der Waals surface area contributed by atoms with Crippen molar-refractivity contribution in [2.24, 2.45) is 0 Å². The summed E-state index contributed by atoms with van der Waals surface area (Å²) in [5.41, 5.74) is 2.21. The molecule has 6 heteroatoms. The number of methoxy groups -OCH3 is 1. The smallest absolute Gasteiger partial charge is 0.338 e. The first-order valence-corrected chi connectivity index (χ1v) is 8.40. The predicted octanol–water partition coefficient (Wildman–Crippen LogP) is 1.77. The molecule has 1 fully saturated rings. The van der Waals surface area contributed by atoms with Gasteiger partial charge in [0.05, 0.1) is 24.2 Å². The Morgan fingerprint density at radius 1 is 1.30 bits per heavy atom. The van der Waals surface area contributed by atoms with E-state index in [9.17, 15) is 13.2 Å². The fourth-order valence-corrected chi connectivity index (χ4v) is 3.87. The molecule has 1 aliphatic rings. The second kappa shape index (κ2) is 5.83. The van der Waals surface area contributed by atoms with Crippen LogP contribution in [0, 0.1) is 6.92 Å². The molecule has 0 aromatic heterocycles. The fraction of sp³-hybridized carbons (Fsp3) is 0.500. The maximum Gasteiger partial charge on any atom is 0.338 e. The molecule has 0 radical (unpaired) electrons. The summed E-state index contributed by atoms with van der Waals surface area (Å²) < 4.78 is 27.6. The highest BCUT2D eigenvalue weighted by Crippen LogP contribution is 2.23. The van der Waals surface area contributed by atoms with Crippen molar-refractivity contribution >= 4 is 21.5 Å². The average molecular weight is 297 g/mol. The first kappa shape index (κ1) is 14.8.